The van der Waals surface area contributed by atoms with Crippen LogP contribution in [-0.4, -0.2) is 24.3 Å². The van der Waals surface area contributed by atoms with Crippen LogP contribution in [0.25, 0.3) is 0 Å². The largest absolute Gasteiger partial charge is 0.339 e. The first-order chi connectivity index (χ1) is 6.79. The van der Waals surface area contributed by atoms with Crippen molar-refractivity contribution in [1.29, 1.82) is 0 Å². The molecule has 2 aliphatic rings. The van der Waals surface area contributed by atoms with Gasteiger partial charge in [0.15, 0.2) is 12.1 Å². The Bertz CT molecular complexity index is 213. The van der Waals surface area contributed by atoms with E-state index in [1.54, 1.807) is 6.08 Å². The van der Waals surface area contributed by atoms with Crippen LogP contribution in [0.3, 0.4) is 0 Å². The summed E-state index contributed by atoms with van der Waals surface area (Å²) in [6.45, 7) is 3.65. The lowest BCUT2D eigenvalue weighted by Gasteiger charge is -2.31. The molecule has 1 heterocycles. The molecule has 2 fully saturated rings. The van der Waals surface area contributed by atoms with Crippen LogP contribution in [0.4, 0.5) is 0 Å². The van der Waals surface area contributed by atoms with Gasteiger partial charge in [-0.25, -0.2) is 0 Å². The van der Waals surface area contributed by atoms with Gasteiger partial charge in [0.05, 0.1) is 0 Å². The third-order valence-electron chi connectivity index (χ3n) is 3.01. The average molecular weight is 196 g/mol. The highest BCUT2D eigenvalue weighted by Gasteiger charge is 2.46. The number of carbonyl (C=O) groups excluding carboxylic acids is 1. The molecule has 3 nitrogen and oxygen atoms in total. The minimum atomic E-state index is -0.483. The second-order valence-electron chi connectivity index (χ2n) is 4.01. The Balaban J connectivity index is 2.08. The summed E-state index contributed by atoms with van der Waals surface area (Å²) in [5.74, 6) is -0.483. The number of aldehydes is 1. The maximum atomic E-state index is 10.7. The first kappa shape index (κ1) is 9.87. The summed E-state index contributed by atoms with van der Waals surface area (Å²) in [5, 5.41) is 0. The summed E-state index contributed by atoms with van der Waals surface area (Å²) in [6.07, 6.45) is 7.04. The van der Waals surface area contributed by atoms with E-state index in [-0.39, 0.29) is 6.10 Å². The molecular formula is C11H16O3. The van der Waals surface area contributed by atoms with Crippen molar-refractivity contribution >= 4 is 6.29 Å². The summed E-state index contributed by atoms with van der Waals surface area (Å²) >= 11 is 0. The highest BCUT2D eigenvalue weighted by atomic mass is 16.8. The van der Waals surface area contributed by atoms with Gasteiger partial charge in [0.1, 0.15) is 12.2 Å². The molecule has 1 saturated heterocycles. The van der Waals surface area contributed by atoms with Crippen LogP contribution in [0.5, 0.6) is 0 Å². The number of hydrogen-bond acceptors (Lipinski definition) is 3. The van der Waals surface area contributed by atoms with Gasteiger partial charge in [0, 0.05) is 12.8 Å². The first-order valence-electron chi connectivity index (χ1n) is 5.23. The molecule has 1 saturated carbocycles. The van der Waals surface area contributed by atoms with Crippen LogP contribution in [0, 0.1) is 0 Å². The van der Waals surface area contributed by atoms with E-state index in [2.05, 4.69) is 6.58 Å². The molecule has 2 rings (SSSR count). The van der Waals surface area contributed by atoms with Crippen molar-refractivity contribution in [3.05, 3.63) is 12.7 Å². The van der Waals surface area contributed by atoms with Crippen molar-refractivity contribution in [2.45, 2.75) is 50.1 Å². The molecule has 78 valence electrons. The van der Waals surface area contributed by atoms with Crippen molar-refractivity contribution in [2.24, 2.45) is 0 Å². The molecule has 0 aromatic rings. The Morgan fingerprint density at radius 1 is 1.14 bits per heavy atom. The Morgan fingerprint density at radius 3 is 2.29 bits per heavy atom. The number of hydrogen-bond donors (Lipinski definition) is 0. The zero-order chi connectivity index (χ0) is 10.0. The molecule has 1 aliphatic heterocycles. The maximum absolute atomic E-state index is 10.7. The number of rotatable bonds is 2. The molecule has 1 aliphatic carbocycles. The van der Waals surface area contributed by atoms with Crippen LogP contribution < -0.4 is 0 Å². The molecule has 3 heteroatoms. The maximum Gasteiger partial charge on any atom is 0.170 e. The van der Waals surface area contributed by atoms with Crippen LogP contribution in [0.1, 0.15) is 32.1 Å². The van der Waals surface area contributed by atoms with E-state index in [9.17, 15) is 4.79 Å². The summed E-state index contributed by atoms with van der Waals surface area (Å²) < 4.78 is 11.5. The van der Waals surface area contributed by atoms with Crippen molar-refractivity contribution in [3.63, 3.8) is 0 Å². The van der Waals surface area contributed by atoms with Gasteiger partial charge in [-0.1, -0.05) is 12.5 Å². The van der Waals surface area contributed by atoms with E-state index in [1.807, 2.05) is 0 Å². The second-order valence-corrected chi connectivity index (χ2v) is 4.01. The average Bonchev–Trinajstić information content (AvgIpc) is 2.57. The van der Waals surface area contributed by atoms with Crippen molar-refractivity contribution in [3.8, 4) is 0 Å². The lowest BCUT2D eigenvalue weighted by atomic mass is 9.94. The Kier molecular flexibility index (Phi) is 2.70. The highest BCUT2D eigenvalue weighted by molar-refractivity contribution is 5.58. The fourth-order valence-electron chi connectivity index (χ4n) is 2.27. The Morgan fingerprint density at radius 2 is 1.79 bits per heavy atom. The molecule has 0 bridgehead atoms. The predicted octanol–water partition coefficient (Wildman–Crippen LogP) is 1.82. The number of ether oxygens (including phenoxy) is 2. The molecule has 0 N–H and O–H groups in total. The highest BCUT2D eigenvalue weighted by Crippen LogP contribution is 2.40. The zero-order valence-electron chi connectivity index (χ0n) is 8.28. The summed E-state index contributed by atoms with van der Waals surface area (Å²) in [7, 11) is 0. The van der Waals surface area contributed by atoms with Crippen molar-refractivity contribution < 1.29 is 14.3 Å². The van der Waals surface area contributed by atoms with Gasteiger partial charge in [0.25, 0.3) is 0 Å². The van der Waals surface area contributed by atoms with Crippen LogP contribution in [-0.2, 0) is 14.3 Å². The summed E-state index contributed by atoms with van der Waals surface area (Å²) in [5.41, 5.74) is 0. The molecule has 0 radical (unpaired) electrons. The molecule has 1 spiro atoms. The fourth-order valence-corrected chi connectivity index (χ4v) is 2.27. The molecule has 0 aromatic carbocycles. The molecular weight excluding hydrogens is 180 g/mol. The lowest BCUT2D eigenvalue weighted by Crippen LogP contribution is -2.33. The third kappa shape index (κ3) is 1.62. The lowest BCUT2D eigenvalue weighted by molar-refractivity contribution is -0.190. The monoisotopic (exact) mass is 196 g/mol. The first-order valence-corrected chi connectivity index (χ1v) is 5.23. The van der Waals surface area contributed by atoms with E-state index in [4.69, 9.17) is 9.47 Å². The van der Waals surface area contributed by atoms with Crippen LogP contribution >= 0.6 is 0 Å². The standard InChI is InChI=1S/C11H16O3/c1-2-9-10(8-12)14-11(13-9)6-4-3-5-7-11/h2,8-10H,1,3-7H2/t9?,10-/m0/s1. The SMILES string of the molecule is C=CC1OC2(CCCCC2)O[C@H]1C=O. The second kappa shape index (κ2) is 3.83. The predicted molar refractivity (Wildman–Crippen MR) is 51.8 cm³/mol. The van der Waals surface area contributed by atoms with E-state index in [0.29, 0.717) is 0 Å². The summed E-state index contributed by atoms with van der Waals surface area (Å²) in [6, 6.07) is 0. The Hall–Kier alpha value is -0.670. The quantitative estimate of drug-likeness (QED) is 0.499. The van der Waals surface area contributed by atoms with Crippen LogP contribution in [0.2, 0.25) is 0 Å². The smallest absolute Gasteiger partial charge is 0.170 e. The number of carbonyl (C=O) groups is 1. The van der Waals surface area contributed by atoms with Gasteiger partial charge in [-0.3, -0.25) is 0 Å². The normalized spacial score (nSPS) is 35.7. The minimum Gasteiger partial charge on any atom is -0.339 e. The third-order valence-corrected chi connectivity index (χ3v) is 3.01. The zero-order valence-corrected chi connectivity index (χ0v) is 8.28. The van der Waals surface area contributed by atoms with E-state index in [0.717, 1.165) is 32.0 Å². The molecule has 0 amide bonds. The van der Waals surface area contributed by atoms with Crippen LogP contribution in [0.15, 0.2) is 12.7 Å². The van der Waals surface area contributed by atoms with Gasteiger partial charge < -0.3 is 14.3 Å². The molecule has 0 aromatic heterocycles. The van der Waals surface area contributed by atoms with Gasteiger partial charge in [-0.15, -0.1) is 6.58 Å². The van der Waals surface area contributed by atoms with E-state index < -0.39 is 11.9 Å². The fraction of sp³-hybridized carbons (Fsp3) is 0.727. The van der Waals surface area contributed by atoms with E-state index in [1.165, 1.54) is 6.42 Å². The van der Waals surface area contributed by atoms with Gasteiger partial charge in [0.2, 0.25) is 0 Å². The van der Waals surface area contributed by atoms with E-state index >= 15 is 0 Å². The Labute approximate surface area is 84.1 Å². The topological polar surface area (TPSA) is 35.5 Å². The molecule has 1 unspecified atom stereocenters. The van der Waals surface area contributed by atoms with Crippen molar-refractivity contribution in [2.75, 3.05) is 0 Å². The van der Waals surface area contributed by atoms with Gasteiger partial charge in [-0.05, 0) is 12.8 Å². The minimum absolute atomic E-state index is 0.259. The van der Waals surface area contributed by atoms with Gasteiger partial charge >= 0.3 is 0 Å². The summed E-state index contributed by atoms with van der Waals surface area (Å²) in [4.78, 5) is 10.7. The molecule has 14 heavy (non-hydrogen) atoms. The molecule has 2 atom stereocenters. The van der Waals surface area contributed by atoms with Crippen molar-refractivity contribution in [1.82, 2.24) is 0 Å². The van der Waals surface area contributed by atoms with Gasteiger partial charge in [-0.2, -0.15) is 0 Å².